The molecule has 1 N–H and O–H groups in total. The van der Waals surface area contributed by atoms with Crippen molar-refractivity contribution in [2.45, 2.75) is 52.1 Å². The summed E-state index contributed by atoms with van der Waals surface area (Å²) in [5, 5.41) is 7.40. The Bertz CT molecular complexity index is 380. The number of rotatable bonds is 8. The third-order valence-corrected chi connectivity index (χ3v) is 3.08. The summed E-state index contributed by atoms with van der Waals surface area (Å²) in [6, 6.07) is 0.0706. The van der Waals surface area contributed by atoms with E-state index in [1.54, 1.807) is 11.0 Å². The van der Waals surface area contributed by atoms with E-state index in [2.05, 4.69) is 22.3 Å². The highest BCUT2D eigenvalue weighted by Crippen LogP contribution is 2.21. The number of carbonyl (C=O) groups excluding carboxylic acids is 1. The van der Waals surface area contributed by atoms with Crippen LogP contribution in [-0.2, 0) is 9.53 Å². The molecule has 19 heavy (non-hydrogen) atoms. The fraction of sp³-hybridized carbons (Fsp3) is 0.769. The largest absolute Gasteiger partial charge is 0.465 e. The molecule has 0 saturated carbocycles. The van der Waals surface area contributed by atoms with E-state index in [0.29, 0.717) is 13.0 Å². The summed E-state index contributed by atoms with van der Waals surface area (Å²) in [5.41, 5.74) is -0.697. The number of esters is 1. The first-order chi connectivity index (χ1) is 9.03. The molecule has 108 valence electrons. The van der Waals surface area contributed by atoms with E-state index in [1.165, 1.54) is 6.33 Å². The highest BCUT2D eigenvalue weighted by atomic mass is 16.5. The molecule has 0 spiro atoms. The lowest BCUT2D eigenvalue weighted by Gasteiger charge is -2.31. The minimum atomic E-state index is -0.697. The smallest absolute Gasteiger partial charge is 0.326 e. The lowest BCUT2D eigenvalue weighted by Crippen LogP contribution is -2.52. The van der Waals surface area contributed by atoms with E-state index in [1.807, 2.05) is 20.8 Å². The van der Waals surface area contributed by atoms with Gasteiger partial charge in [0, 0.05) is 0 Å². The minimum absolute atomic E-state index is 0.0706. The maximum Gasteiger partial charge on any atom is 0.326 e. The Balaban J connectivity index is 2.75. The van der Waals surface area contributed by atoms with Crippen molar-refractivity contribution in [1.82, 2.24) is 20.1 Å². The van der Waals surface area contributed by atoms with Crippen molar-refractivity contribution >= 4 is 5.97 Å². The van der Waals surface area contributed by atoms with Gasteiger partial charge in [-0.15, -0.1) is 0 Å². The number of hydrogen-bond donors (Lipinski definition) is 1. The highest BCUT2D eigenvalue weighted by Gasteiger charge is 2.36. The van der Waals surface area contributed by atoms with E-state index in [-0.39, 0.29) is 12.0 Å². The Kier molecular flexibility index (Phi) is 5.95. The second-order valence-corrected chi connectivity index (χ2v) is 4.91. The fourth-order valence-electron chi connectivity index (χ4n) is 2.05. The van der Waals surface area contributed by atoms with Crippen LogP contribution in [0.5, 0.6) is 0 Å². The van der Waals surface area contributed by atoms with Crippen LogP contribution in [0.15, 0.2) is 12.7 Å². The van der Waals surface area contributed by atoms with Crippen LogP contribution in [-0.4, -0.2) is 39.4 Å². The molecule has 0 aromatic carbocycles. The molecule has 0 bridgehead atoms. The van der Waals surface area contributed by atoms with Crippen LogP contribution in [0.25, 0.3) is 0 Å². The molecule has 0 aliphatic heterocycles. The molecule has 2 atom stereocenters. The third kappa shape index (κ3) is 4.31. The molecular formula is C13H24N4O2. The van der Waals surface area contributed by atoms with Gasteiger partial charge in [-0.25, -0.2) is 4.98 Å². The van der Waals surface area contributed by atoms with Gasteiger partial charge in [-0.3, -0.25) is 9.48 Å². The average Bonchev–Trinajstić information content (AvgIpc) is 2.90. The first-order valence-corrected chi connectivity index (χ1v) is 6.79. The average molecular weight is 268 g/mol. The van der Waals surface area contributed by atoms with Gasteiger partial charge in [0.15, 0.2) is 0 Å². The van der Waals surface area contributed by atoms with Crippen molar-refractivity contribution in [2.24, 2.45) is 0 Å². The number of nitrogens with one attached hydrogen (secondary N) is 1. The number of ether oxygens (including phenoxy) is 1. The summed E-state index contributed by atoms with van der Waals surface area (Å²) in [5.74, 6) is -0.213. The molecule has 1 aromatic rings. The Hall–Kier alpha value is -1.43. The number of hydrogen-bond acceptors (Lipinski definition) is 5. The molecule has 0 fully saturated rings. The first kappa shape index (κ1) is 15.6. The van der Waals surface area contributed by atoms with Gasteiger partial charge in [-0.05, 0) is 40.2 Å². The summed E-state index contributed by atoms with van der Waals surface area (Å²) in [4.78, 5) is 16.1. The highest BCUT2D eigenvalue weighted by molar-refractivity contribution is 5.80. The molecule has 2 unspecified atom stereocenters. The third-order valence-electron chi connectivity index (χ3n) is 3.08. The van der Waals surface area contributed by atoms with Crippen LogP contribution in [0, 0.1) is 0 Å². The lowest BCUT2D eigenvalue weighted by molar-refractivity contribution is -0.151. The van der Waals surface area contributed by atoms with Gasteiger partial charge < -0.3 is 10.1 Å². The fourth-order valence-corrected chi connectivity index (χ4v) is 2.05. The van der Waals surface area contributed by atoms with Gasteiger partial charge in [-0.2, -0.15) is 5.10 Å². The zero-order valence-corrected chi connectivity index (χ0v) is 12.2. The predicted octanol–water partition coefficient (Wildman–Crippen LogP) is 1.55. The lowest BCUT2D eigenvalue weighted by atomic mass is 9.93. The van der Waals surface area contributed by atoms with E-state index in [4.69, 9.17) is 4.74 Å². The van der Waals surface area contributed by atoms with E-state index in [9.17, 15) is 4.79 Å². The summed E-state index contributed by atoms with van der Waals surface area (Å²) < 4.78 is 6.93. The molecule has 1 aromatic heterocycles. The Morgan fingerprint density at radius 3 is 2.79 bits per heavy atom. The van der Waals surface area contributed by atoms with Crippen LogP contribution in [0.4, 0.5) is 0 Å². The van der Waals surface area contributed by atoms with Gasteiger partial charge >= 0.3 is 5.97 Å². The van der Waals surface area contributed by atoms with Crippen molar-refractivity contribution in [2.75, 3.05) is 13.2 Å². The zero-order chi connectivity index (χ0) is 14.3. The van der Waals surface area contributed by atoms with E-state index in [0.717, 1.165) is 13.0 Å². The topological polar surface area (TPSA) is 69.0 Å². The normalized spacial score (nSPS) is 15.8. The van der Waals surface area contributed by atoms with Crippen molar-refractivity contribution in [3.8, 4) is 0 Å². The Morgan fingerprint density at radius 1 is 1.53 bits per heavy atom. The van der Waals surface area contributed by atoms with Crippen molar-refractivity contribution in [3.63, 3.8) is 0 Å². The van der Waals surface area contributed by atoms with Crippen molar-refractivity contribution < 1.29 is 9.53 Å². The Labute approximate surface area is 114 Å². The van der Waals surface area contributed by atoms with Crippen LogP contribution >= 0.6 is 0 Å². The molecule has 0 amide bonds. The Morgan fingerprint density at radius 2 is 2.26 bits per heavy atom. The second-order valence-electron chi connectivity index (χ2n) is 4.91. The second kappa shape index (κ2) is 7.23. The maximum atomic E-state index is 12.1. The number of aromatic nitrogens is 3. The van der Waals surface area contributed by atoms with Gasteiger partial charge in [-0.1, -0.05) is 6.92 Å². The van der Waals surface area contributed by atoms with Crippen LogP contribution in [0.3, 0.4) is 0 Å². The molecule has 0 aliphatic carbocycles. The van der Waals surface area contributed by atoms with Gasteiger partial charge in [0.25, 0.3) is 0 Å². The van der Waals surface area contributed by atoms with Gasteiger partial charge in [0.2, 0.25) is 0 Å². The summed E-state index contributed by atoms with van der Waals surface area (Å²) in [6.07, 6.45) is 4.73. The summed E-state index contributed by atoms with van der Waals surface area (Å²) in [6.45, 7) is 8.95. The minimum Gasteiger partial charge on any atom is -0.465 e. The molecular weight excluding hydrogens is 244 g/mol. The van der Waals surface area contributed by atoms with Crippen LogP contribution in [0.1, 0.15) is 46.6 Å². The maximum absolute atomic E-state index is 12.1. The van der Waals surface area contributed by atoms with Crippen LogP contribution < -0.4 is 5.32 Å². The molecule has 0 saturated heterocycles. The standard InChI is InChI=1S/C13H24N4O2/c1-5-7-15-13(4,12(18)19-6-2)8-11(3)17-10-14-9-16-17/h9-11,15H,5-8H2,1-4H3. The van der Waals surface area contributed by atoms with Gasteiger partial charge in [0.1, 0.15) is 18.2 Å². The van der Waals surface area contributed by atoms with E-state index >= 15 is 0 Å². The van der Waals surface area contributed by atoms with Gasteiger partial charge in [0.05, 0.1) is 12.6 Å². The molecule has 0 aliphatic rings. The molecule has 6 heteroatoms. The SMILES string of the molecule is CCCNC(C)(CC(C)n1cncn1)C(=O)OCC. The van der Waals surface area contributed by atoms with Crippen LogP contribution in [0.2, 0.25) is 0 Å². The molecule has 1 heterocycles. The zero-order valence-electron chi connectivity index (χ0n) is 12.2. The summed E-state index contributed by atoms with van der Waals surface area (Å²) >= 11 is 0. The number of carbonyl (C=O) groups is 1. The quantitative estimate of drug-likeness (QED) is 0.724. The molecule has 6 nitrogen and oxygen atoms in total. The predicted molar refractivity (Wildman–Crippen MR) is 72.7 cm³/mol. The first-order valence-electron chi connectivity index (χ1n) is 6.79. The van der Waals surface area contributed by atoms with Crippen molar-refractivity contribution in [1.29, 1.82) is 0 Å². The molecule has 1 rings (SSSR count). The number of nitrogens with zero attached hydrogens (tertiary/aromatic N) is 3. The summed E-state index contributed by atoms with van der Waals surface area (Å²) in [7, 11) is 0. The monoisotopic (exact) mass is 268 g/mol. The van der Waals surface area contributed by atoms with Crippen molar-refractivity contribution in [3.05, 3.63) is 12.7 Å². The molecule has 0 radical (unpaired) electrons. The van der Waals surface area contributed by atoms with E-state index < -0.39 is 5.54 Å².